The minimum atomic E-state index is -3.20. The lowest BCUT2D eigenvalue weighted by atomic mass is 9.96. The fourth-order valence-electron chi connectivity index (χ4n) is 4.55. The molecule has 1 fully saturated rings. The van der Waals surface area contributed by atoms with Gasteiger partial charge in [0.05, 0.1) is 10.6 Å². The van der Waals surface area contributed by atoms with Crippen LogP contribution in [-0.2, 0) is 29.2 Å². The molecule has 2 aromatic carbocycles. The maximum absolute atomic E-state index is 12.9. The second kappa shape index (κ2) is 9.41. The molecule has 0 bridgehead atoms. The van der Waals surface area contributed by atoms with Gasteiger partial charge in [-0.1, -0.05) is 36.4 Å². The highest BCUT2D eigenvalue weighted by atomic mass is 32.2. The molecule has 0 saturated carbocycles. The number of sulfone groups is 1. The zero-order valence-corrected chi connectivity index (χ0v) is 18.0. The van der Waals surface area contributed by atoms with Gasteiger partial charge in [-0.3, -0.25) is 4.90 Å². The van der Waals surface area contributed by atoms with Crippen molar-refractivity contribution in [1.82, 2.24) is 10.2 Å². The second-order valence-corrected chi connectivity index (χ2v) is 10.6. The minimum Gasteiger partial charge on any atom is -0.317 e. The van der Waals surface area contributed by atoms with Crippen LogP contribution in [0.5, 0.6) is 0 Å². The molecule has 4 rings (SSSR count). The van der Waals surface area contributed by atoms with Crippen molar-refractivity contribution < 1.29 is 8.42 Å². The Kier molecular flexibility index (Phi) is 6.68. The number of benzene rings is 2. The molecule has 0 unspecified atom stereocenters. The minimum absolute atomic E-state index is 0.274. The van der Waals surface area contributed by atoms with E-state index in [0.717, 1.165) is 64.8 Å². The number of rotatable bonds is 6. The summed E-state index contributed by atoms with van der Waals surface area (Å²) < 4.78 is 25.9. The van der Waals surface area contributed by atoms with Gasteiger partial charge >= 0.3 is 0 Å². The molecule has 0 amide bonds. The van der Waals surface area contributed by atoms with Crippen LogP contribution in [0.1, 0.15) is 36.0 Å². The van der Waals surface area contributed by atoms with Crippen molar-refractivity contribution in [3.63, 3.8) is 0 Å². The Morgan fingerprint density at radius 2 is 1.66 bits per heavy atom. The van der Waals surface area contributed by atoms with Gasteiger partial charge < -0.3 is 5.32 Å². The van der Waals surface area contributed by atoms with Crippen LogP contribution in [0.2, 0.25) is 0 Å². The van der Waals surface area contributed by atoms with Crippen LogP contribution in [0.25, 0.3) is 0 Å². The molecule has 0 radical (unpaired) electrons. The van der Waals surface area contributed by atoms with Crippen LogP contribution >= 0.6 is 0 Å². The monoisotopic (exact) mass is 412 g/mol. The molecule has 0 aromatic heterocycles. The average molecular weight is 413 g/mol. The number of nitrogens with zero attached hydrogens (tertiary/aromatic N) is 1. The van der Waals surface area contributed by atoms with Crippen molar-refractivity contribution >= 4 is 9.84 Å². The molecule has 5 heteroatoms. The Morgan fingerprint density at radius 3 is 2.41 bits per heavy atom. The van der Waals surface area contributed by atoms with Crippen molar-refractivity contribution in [1.29, 1.82) is 0 Å². The van der Waals surface area contributed by atoms with Gasteiger partial charge in [-0.15, -0.1) is 0 Å². The molecule has 156 valence electrons. The molecule has 1 saturated heterocycles. The molecule has 2 aliphatic heterocycles. The van der Waals surface area contributed by atoms with Gasteiger partial charge in [0.2, 0.25) is 0 Å². The van der Waals surface area contributed by atoms with Crippen LogP contribution in [0.4, 0.5) is 0 Å². The highest BCUT2D eigenvalue weighted by molar-refractivity contribution is 7.91. The highest BCUT2D eigenvalue weighted by Crippen LogP contribution is 2.24. The van der Waals surface area contributed by atoms with Crippen molar-refractivity contribution in [2.75, 3.05) is 31.9 Å². The number of fused-ring (bicyclic) bond motifs is 1. The molecule has 0 atom stereocenters. The zero-order valence-electron chi connectivity index (χ0n) is 17.1. The molecule has 4 nitrogen and oxygen atoms in total. The van der Waals surface area contributed by atoms with Gasteiger partial charge in [0.15, 0.2) is 9.84 Å². The van der Waals surface area contributed by atoms with Crippen LogP contribution in [0.15, 0.2) is 53.4 Å². The predicted octanol–water partition coefficient (Wildman–Crippen LogP) is 3.45. The standard InChI is InChI=1S/C24H32N2O2S/c27-29(28,17-12-20-8-13-25-14-9-20)24-7-6-22-10-15-26(16-11-23(22)18-24)19-21-4-2-1-3-5-21/h1-7,18,20,25H,8-17,19H2. The van der Waals surface area contributed by atoms with E-state index in [1.807, 2.05) is 12.1 Å². The lowest BCUT2D eigenvalue weighted by Crippen LogP contribution is -2.28. The summed E-state index contributed by atoms with van der Waals surface area (Å²) in [5.74, 6) is 0.815. The zero-order chi connectivity index (χ0) is 20.1. The number of hydrogen-bond donors (Lipinski definition) is 1. The van der Waals surface area contributed by atoms with E-state index in [1.54, 1.807) is 0 Å². The smallest absolute Gasteiger partial charge is 0.178 e. The number of nitrogens with one attached hydrogen (secondary N) is 1. The van der Waals surface area contributed by atoms with Crippen LogP contribution in [0, 0.1) is 5.92 Å². The Hall–Kier alpha value is -1.69. The maximum Gasteiger partial charge on any atom is 0.178 e. The lowest BCUT2D eigenvalue weighted by Gasteiger charge is -2.22. The van der Waals surface area contributed by atoms with E-state index in [4.69, 9.17) is 0 Å². The lowest BCUT2D eigenvalue weighted by molar-refractivity contribution is 0.279. The summed E-state index contributed by atoms with van der Waals surface area (Å²) >= 11 is 0. The van der Waals surface area contributed by atoms with E-state index in [-0.39, 0.29) is 5.75 Å². The van der Waals surface area contributed by atoms with E-state index < -0.39 is 9.84 Å². The Morgan fingerprint density at radius 1 is 0.931 bits per heavy atom. The predicted molar refractivity (Wildman–Crippen MR) is 118 cm³/mol. The molecular formula is C24H32N2O2S. The quantitative estimate of drug-likeness (QED) is 0.790. The van der Waals surface area contributed by atoms with Gasteiger partial charge in [-0.2, -0.15) is 0 Å². The largest absolute Gasteiger partial charge is 0.317 e. The Bertz CT molecular complexity index is 906. The van der Waals surface area contributed by atoms with E-state index in [0.29, 0.717) is 10.8 Å². The summed E-state index contributed by atoms with van der Waals surface area (Å²) in [6.07, 6.45) is 4.87. The Labute approximate surface area is 175 Å². The summed E-state index contributed by atoms with van der Waals surface area (Å²) in [7, 11) is -3.20. The molecule has 0 spiro atoms. The first kappa shape index (κ1) is 20.6. The van der Waals surface area contributed by atoms with Crippen LogP contribution in [-0.4, -0.2) is 45.2 Å². The van der Waals surface area contributed by atoms with E-state index in [1.165, 1.54) is 16.7 Å². The first-order valence-corrected chi connectivity index (χ1v) is 12.6. The van der Waals surface area contributed by atoms with E-state index in [9.17, 15) is 8.42 Å². The van der Waals surface area contributed by atoms with Gasteiger partial charge in [-0.05, 0) is 79.9 Å². The molecule has 2 heterocycles. The van der Waals surface area contributed by atoms with E-state index >= 15 is 0 Å². The van der Waals surface area contributed by atoms with Crippen molar-refractivity contribution in [2.24, 2.45) is 5.92 Å². The fourth-order valence-corrected chi connectivity index (χ4v) is 6.03. The second-order valence-electron chi connectivity index (χ2n) is 8.49. The highest BCUT2D eigenvalue weighted by Gasteiger charge is 2.22. The normalized spacial score (nSPS) is 18.9. The van der Waals surface area contributed by atoms with Crippen molar-refractivity contribution in [2.45, 2.75) is 43.5 Å². The van der Waals surface area contributed by atoms with Crippen LogP contribution < -0.4 is 5.32 Å². The molecular weight excluding hydrogens is 380 g/mol. The first-order valence-electron chi connectivity index (χ1n) is 10.9. The SMILES string of the molecule is O=S(=O)(CCC1CCNCC1)c1ccc2c(c1)CCN(Cc1ccccc1)CC2. The molecule has 2 aromatic rings. The third-order valence-electron chi connectivity index (χ3n) is 6.43. The summed E-state index contributed by atoms with van der Waals surface area (Å²) in [6, 6.07) is 16.4. The van der Waals surface area contributed by atoms with E-state index in [2.05, 4.69) is 46.6 Å². The summed E-state index contributed by atoms with van der Waals surface area (Å²) in [6.45, 7) is 4.98. The molecule has 0 aliphatic carbocycles. The van der Waals surface area contributed by atoms with Crippen molar-refractivity contribution in [3.05, 3.63) is 65.2 Å². The van der Waals surface area contributed by atoms with Gasteiger partial charge in [-0.25, -0.2) is 8.42 Å². The Balaban J connectivity index is 1.40. The van der Waals surface area contributed by atoms with Gasteiger partial charge in [0.1, 0.15) is 0 Å². The first-order chi connectivity index (χ1) is 14.1. The topological polar surface area (TPSA) is 49.4 Å². The summed E-state index contributed by atoms with van der Waals surface area (Å²) in [5, 5.41) is 3.35. The van der Waals surface area contributed by atoms with Crippen molar-refractivity contribution in [3.8, 4) is 0 Å². The number of piperidine rings is 1. The summed E-state index contributed by atoms with van der Waals surface area (Å²) in [5.41, 5.74) is 3.85. The average Bonchev–Trinajstić information content (AvgIpc) is 2.96. The maximum atomic E-state index is 12.9. The fraction of sp³-hybridized carbons (Fsp3) is 0.500. The summed E-state index contributed by atoms with van der Waals surface area (Å²) in [4.78, 5) is 2.99. The number of hydrogen-bond acceptors (Lipinski definition) is 4. The third kappa shape index (κ3) is 5.47. The van der Waals surface area contributed by atoms with Crippen LogP contribution in [0.3, 0.4) is 0 Å². The molecule has 1 N–H and O–H groups in total. The van der Waals surface area contributed by atoms with Gasteiger partial charge in [0, 0.05) is 19.6 Å². The van der Waals surface area contributed by atoms with Gasteiger partial charge in [0.25, 0.3) is 0 Å². The molecule has 2 aliphatic rings. The third-order valence-corrected chi connectivity index (χ3v) is 8.18. The molecule has 29 heavy (non-hydrogen) atoms.